The van der Waals surface area contributed by atoms with E-state index in [1.165, 1.54) is 18.2 Å². The van der Waals surface area contributed by atoms with Crippen LogP contribution in [0.25, 0.3) is 0 Å². The predicted octanol–water partition coefficient (Wildman–Crippen LogP) is 3.01. The summed E-state index contributed by atoms with van der Waals surface area (Å²) in [7, 11) is 0. The third-order valence-electron chi connectivity index (χ3n) is 4.10. The minimum Gasteiger partial charge on any atom is -0.489 e. The molecule has 0 heterocycles. The summed E-state index contributed by atoms with van der Waals surface area (Å²) in [5, 5.41) is 10.9. The van der Waals surface area contributed by atoms with Gasteiger partial charge in [0.2, 0.25) is 0 Å². The standard InChI is InChI=1S/C22H19N3O6/c26-21(15-31-20-9-5-4-8-19(20)25(28)29)23-24-22(27)17-10-12-18(13-11-17)30-14-16-6-2-1-3-7-16/h1-13H,14-15H2,(H,23,26)(H,24,27). The summed E-state index contributed by atoms with van der Waals surface area (Å²) in [4.78, 5) is 34.4. The molecular weight excluding hydrogens is 402 g/mol. The van der Waals surface area contributed by atoms with Gasteiger partial charge < -0.3 is 9.47 Å². The number of hydrogen-bond donors (Lipinski definition) is 2. The van der Waals surface area contributed by atoms with Crippen molar-refractivity contribution in [2.75, 3.05) is 6.61 Å². The van der Waals surface area contributed by atoms with Crippen LogP contribution in [0, 0.1) is 10.1 Å². The van der Waals surface area contributed by atoms with Crippen molar-refractivity contribution in [1.29, 1.82) is 0 Å². The lowest BCUT2D eigenvalue weighted by atomic mass is 10.2. The largest absolute Gasteiger partial charge is 0.489 e. The molecule has 9 nitrogen and oxygen atoms in total. The van der Waals surface area contributed by atoms with Gasteiger partial charge in [-0.3, -0.25) is 30.6 Å². The van der Waals surface area contributed by atoms with Gasteiger partial charge in [0, 0.05) is 11.6 Å². The average Bonchev–Trinajstić information content (AvgIpc) is 2.81. The van der Waals surface area contributed by atoms with Crippen molar-refractivity contribution in [3.05, 3.63) is 100 Å². The quantitative estimate of drug-likeness (QED) is 0.426. The molecule has 0 bridgehead atoms. The van der Waals surface area contributed by atoms with Gasteiger partial charge in [0.15, 0.2) is 12.4 Å². The van der Waals surface area contributed by atoms with Crippen molar-refractivity contribution in [3.63, 3.8) is 0 Å². The van der Waals surface area contributed by atoms with Gasteiger partial charge in [-0.2, -0.15) is 0 Å². The third-order valence-corrected chi connectivity index (χ3v) is 4.10. The van der Waals surface area contributed by atoms with Crippen LogP contribution in [0.5, 0.6) is 11.5 Å². The number of ether oxygens (including phenoxy) is 2. The SMILES string of the molecule is O=C(COc1ccccc1[N+](=O)[O-])NNC(=O)c1ccc(OCc2ccccc2)cc1. The summed E-state index contributed by atoms with van der Waals surface area (Å²) in [6.07, 6.45) is 0. The monoisotopic (exact) mass is 421 g/mol. The maximum atomic E-state index is 12.2. The number of hydrazine groups is 1. The highest BCUT2D eigenvalue weighted by Crippen LogP contribution is 2.25. The molecule has 0 spiro atoms. The first kappa shape index (κ1) is 21.3. The molecule has 0 aliphatic carbocycles. The van der Waals surface area contributed by atoms with Crippen molar-refractivity contribution in [3.8, 4) is 11.5 Å². The Balaban J connectivity index is 1.45. The van der Waals surface area contributed by atoms with Crippen molar-refractivity contribution in [2.24, 2.45) is 0 Å². The molecule has 3 rings (SSSR count). The molecule has 0 radical (unpaired) electrons. The van der Waals surface area contributed by atoms with E-state index in [1.54, 1.807) is 30.3 Å². The second kappa shape index (κ2) is 10.4. The number of nitrogens with zero attached hydrogens (tertiary/aromatic N) is 1. The van der Waals surface area contributed by atoms with Crippen LogP contribution in [0.2, 0.25) is 0 Å². The number of amides is 2. The van der Waals surface area contributed by atoms with E-state index in [2.05, 4.69) is 10.9 Å². The second-order valence-corrected chi connectivity index (χ2v) is 6.31. The number of carbonyl (C=O) groups is 2. The van der Waals surface area contributed by atoms with Crippen LogP contribution < -0.4 is 20.3 Å². The zero-order valence-corrected chi connectivity index (χ0v) is 16.3. The van der Waals surface area contributed by atoms with E-state index in [0.717, 1.165) is 5.56 Å². The molecule has 0 aliphatic rings. The van der Waals surface area contributed by atoms with Crippen LogP contribution in [0.15, 0.2) is 78.9 Å². The molecule has 0 aliphatic heterocycles. The minimum atomic E-state index is -0.672. The summed E-state index contributed by atoms with van der Waals surface area (Å²) in [5.41, 5.74) is 5.53. The number of rotatable bonds is 8. The lowest BCUT2D eigenvalue weighted by Gasteiger charge is -2.10. The molecule has 3 aromatic carbocycles. The Bertz CT molecular complexity index is 1050. The molecule has 2 amide bonds. The molecule has 3 aromatic rings. The molecule has 2 N–H and O–H groups in total. The van der Waals surface area contributed by atoms with Gasteiger partial charge in [-0.15, -0.1) is 0 Å². The Labute approximate surface area is 177 Å². The van der Waals surface area contributed by atoms with Crippen LogP contribution in [0.3, 0.4) is 0 Å². The summed E-state index contributed by atoms with van der Waals surface area (Å²) in [5.74, 6) is -0.648. The van der Waals surface area contributed by atoms with Gasteiger partial charge in [0.25, 0.3) is 11.8 Å². The normalized spacial score (nSPS) is 10.1. The molecule has 0 aromatic heterocycles. The van der Waals surface area contributed by atoms with Crippen LogP contribution in [0.1, 0.15) is 15.9 Å². The highest BCUT2D eigenvalue weighted by molar-refractivity contribution is 5.95. The van der Waals surface area contributed by atoms with Gasteiger partial charge in [0.1, 0.15) is 12.4 Å². The lowest BCUT2D eigenvalue weighted by Crippen LogP contribution is -2.43. The smallest absolute Gasteiger partial charge is 0.310 e. The van der Waals surface area contributed by atoms with E-state index in [4.69, 9.17) is 9.47 Å². The number of benzene rings is 3. The fourth-order valence-electron chi connectivity index (χ4n) is 2.55. The molecule has 0 saturated carbocycles. The van der Waals surface area contributed by atoms with Crippen molar-refractivity contribution < 1.29 is 24.0 Å². The predicted molar refractivity (Wildman–Crippen MR) is 111 cm³/mol. The number of nitro benzene ring substituents is 1. The first-order chi connectivity index (χ1) is 15.0. The summed E-state index contributed by atoms with van der Waals surface area (Å²) >= 11 is 0. The van der Waals surface area contributed by atoms with E-state index in [0.29, 0.717) is 17.9 Å². The Morgan fingerprint density at radius 3 is 2.23 bits per heavy atom. The average molecular weight is 421 g/mol. The summed E-state index contributed by atoms with van der Waals surface area (Å²) in [6.45, 7) is -0.0978. The molecule has 9 heteroatoms. The third kappa shape index (κ3) is 6.29. The Hall–Kier alpha value is -4.40. The highest BCUT2D eigenvalue weighted by Gasteiger charge is 2.15. The van der Waals surface area contributed by atoms with E-state index in [-0.39, 0.29) is 11.4 Å². The lowest BCUT2D eigenvalue weighted by molar-refractivity contribution is -0.385. The van der Waals surface area contributed by atoms with Crippen LogP contribution >= 0.6 is 0 Å². The first-order valence-electron chi connectivity index (χ1n) is 9.25. The van der Waals surface area contributed by atoms with Gasteiger partial charge in [-0.1, -0.05) is 42.5 Å². The minimum absolute atomic E-state index is 0.0416. The fraction of sp³-hybridized carbons (Fsp3) is 0.0909. The van der Waals surface area contributed by atoms with E-state index in [1.807, 2.05) is 30.3 Å². The van der Waals surface area contributed by atoms with Gasteiger partial charge in [0.05, 0.1) is 4.92 Å². The van der Waals surface area contributed by atoms with Crippen LogP contribution in [-0.2, 0) is 11.4 Å². The number of carbonyl (C=O) groups excluding carboxylic acids is 2. The second-order valence-electron chi connectivity index (χ2n) is 6.31. The van der Waals surface area contributed by atoms with Gasteiger partial charge >= 0.3 is 5.69 Å². The highest BCUT2D eigenvalue weighted by atomic mass is 16.6. The molecule has 0 atom stereocenters. The van der Waals surface area contributed by atoms with Crippen LogP contribution in [0.4, 0.5) is 5.69 Å². The zero-order valence-electron chi connectivity index (χ0n) is 16.3. The van der Waals surface area contributed by atoms with Gasteiger partial charge in [-0.25, -0.2) is 0 Å². The number of nitrogens with one attached hydrogen (secondary N) is 2. The molecule has 31 heavy (non-hydrogen) atoms. The van der Waals surface area contributed by atoms with E-state index >= 15 is 0 Å². The van der Waals surface area contributed by atoms with Gasteiger partial charge in [-0.05, 0) is 35.9 Å². The fourth-order valence-corrected chi connectivity index (χ4v) is 2.55. The molecule has 0 saturated heterocycles. The Kier molecular flexibility index (Phi) is 7.15. The van der Waals surface area contributed by atoms with Crippen molar-refractivity contribution in [1.82, 2.24) is 10.9 Å². The number of para-hydroxylation sites is 2. The van der Waals surface area contributed by atoms with E-state index < -0.39 is 23.3 Å². The Morgan fingerprint density at radius 2 is 1.52 bits per heavy atom. The maximum absolute atomic E-state index is 12.2. The number of nitro groups is 1. The topological polar surface area (TPSA) is 120 Å². The Morgan fingerprint density at radius 1 is 0.839 bits per heavy atom. The zero-order chi connectivity index (χ0) is 22.1. The molecular formula is C22H19N3O6. The molecule has 0 unspecified atom stereocenters. The van der Waals surface area contributed by atoms with Crippen LogP contribution in [-0.4, -0.2) is 23.3 Å². The first-order valence-corrected chi connectivity index (χ1v) is 9.25. The molecule has 158 valence electrons. The number of hydrogen-bond acceptors (Lipinski definition) is 6. The summed E-state index contributed by atoms with van der Waals surface area (Å²) < 4.78 is 10.8. The van der Waals surface area contributed by atoms with Crippen molar-refractivity contribution in [2.45, 2.75) is 6.61 Å². The van der Waals surface area contributed by atoms with Crippen molar-refractivity contribution >= 4 is 17.5 Å². The summed E-state index contributed by atoms with van der Waals surface area (Å²) in [6, 6.07) is 21.8. The maximum Gasteiger partial charge on any atom is 0.310 e. The van der Waals surface area contributed by atoms with E-state index in [9.17, 15) is 19.7 Å². The molecule has 0 fully saturated rings.